The quantitative estimate of drug-likeness (QED) is 0.0169. The number of phosphoric ester groups is 2. The van der Waals surface area contributed by atoms with E-state index in [1.54, 1.807) is 0 Å². The van der Waals surface area contributed by atoms with Gasteiger partial charge in [-0.25, -0.2) is 9.13 Å². The van der Waals surface area contributed by atoms with Gasteiger partial charge >= 0.3 is 39.5 Å². The molecule has 91 heavy (non-hydrogen) atoms. The molecule has 0 saturated carbocycles. The van der Waals surface area contributed by atoms with E-state index in [9.17, 15) is 43.2 Å². The molecule has 0 saturated heterocycles. The van der Waals surface area contributed by atoms with Crippen LogP contribution >= 0.6 is 15.6 Å². The number of carbonyl (C=O) groups excluding carboxylic acids is 4. The minimum absolute atomic E-state index is 0.0990. The van der Waals surface area contributed by atoms with Gasteiger partial charge in [-0.05, 0) is 69.1 Å². The number of hydrogen-bond donors (Lipinski definition) is 3. The lowest BCUT2D eigenvalue weighted by atomic mass is 10.0. The molecule has 0 fully saturated rings. The van der Waals surface area contributed by atoms with Crippen LogP contribution in [0.3, 0.4) is 0 Å². The van der Waals surface area contributed by atoms with Crippen LogP contribution in [0.5, 0.6) is 0 Å². The van der Waals surface area contributed by atoms with Crippen molar-refractivity contribution < 1.29 is 80.2 Å². The van der Waals surface area contributed by atoms with E-state index in [0.29, 0.717) is 31.6 Å². The van der Waals surface area contributed by atoms with Crippen molar-refractivity contribution in [2.75, 3.05) is 39.6 Å². The maximum absolute atomic E-state index is 13.0. The van der Waals surface area contributed by atoms with Crippen LogP contribution in [0.15, 0.2) is 24.3 Å². The van der Waals surface area contributed by atoms with E-state index in [-0.39, 0.29) is 25.7 Å². The Morgan fingerprint density at radius 3 is 0.890 bits per heavy atom. The molecular weight excluding hydrogens is 1200 g/mol. The molecule has 17 nitrogen and oxygen atoms in total. The largest absolute Gasteiger partial charge is 0.472 e. The van der Waals surface area contributed by atoms with E-state index in [1.165, 1.54) is 122 Å². The summed E-state index contributed by atoms with van der Waals surface area (Å²) in [6, 6.07) is 0. The predicted molar refractivity (Wildman–Crippen MR) is 367 cm³/mol. The standard InChI is InChI=1S/C72H136O17P2/c1-8-9-10-11-12-13-14-15-16-17-20-26-31-39-46-53-69(74)82-59-67(88-71(76)55-48-41-32-27-21-18-19-24-29-36-43-50-63(2)3)61-86-90(78,79)84-57-66(73)58-85-91(80,81)87-62-68(60-83-70(75)54-47-40-35-34-38-45-52-65(6)7)89-72(77)56-49-42-33-28-23-22-25-30-37-44-51-64(4)5/h13-16,63-68,73H,8-12,17-62H2,1-7H3,(H,78,79)(H,80,81)/b14-13-,16-15-/t66-,67-,68-/m1/s1. The van der Waals surface area contributed by atoms with Gasteiger partial charge in [0.1, 0.15) is 19.3 Å². The molecular formula is C72H136O17P2. The number of esters is 4. The van der Waals surface area contributed by atoms with E-state index >= 15 is 0 Å². The van der Waals surface area contributed by atoms with Crippen molar-refractivity contribution in [3.63, 3.8) is 0 Å². The Bertz CT molecular complexity index is 1880. The number of carbonyl (C=O) groups is 4. The lowest BCUT2D eigenvalue weighted by Gasteiger charge is -2.21. The van der Waals surface area contributed by atoms with Gasteiger partial charge in [0.05, 0.1) is 26.4 Å². The normalized spacial score (nSPS) is 14.3. The van der Waals surface area contributed by atoms with Gasteiger partial charge in [-0.2, -0.15) is 0 Å². The molecule has 0 aromatic rings. The van der Waals surface area contributed by atoms with Crippen molar-refractivity contribution in [3.8, 4) is 0 Å². The van der Waals surface area contributed by atoms with Crippen molar-refractivity contribution in [1.29, 1.82) is 0 Å². The molecule has 0 aromatic carbocycles. The van der Waals surface area contributed by atoms with Gasteiger partial charge in [0, 0.05) is 25.7 Å². The van der Waals surface area contributed by atoms with E-state index in [0.717, 1.165) is 127 Å². The molecule has 0 radical (unpaired) electrons. The molecule has 0 heterocycles. The Kier molecular flexibility index (Phi) is 60.7. The second kappa shape index (κ2) is 62.4. The first kappa shape index (κ1) is 88.5. The van der Waals surface area contributed by atoms with E-state index < -0.39 is 97.5 Å². The Balaban J connectivity index is 5.28. The van der Waals surface area contributed by atoms with Crippen molar-refractivity contribution in [1.82, 2.24) is 0 Å². The van der Waals surface area contributed by atoms with Crippen LogP contribution in [0.4, 0.5) is 0 Å². The average molecular weight is 1340 g/mol. The van der Waals surface area contributed by atoms with E-state index in [2.05, 4.69) is 72.8 Å². The summed E-state index contributed by atoms with van der Waals surface area (Å²) in [6.07, 6.45) is 49.5. The van der Waals surface area contributed by atoms with Gasteiger partial charge in [0.25, 0.3) is 0 Å². The SMILES string of the molecule is CCCCCC/C=C\C=C/CCCCCCCC(=O)OC[C@H](COP(=O)(O)OC[C@@H](O)COP(=O)(O)OC[C@@H](COC(=O)CCCCCCCCC(C)C)OC(=O)CCCCCCCCCCCCC(C)C)OC(=O)CCCCCCCCCCCCCC(C)C. The summed E-state index contributed by atoms with van der Waals surface area (Å²) >= 11 is 0. The summed E-state index contributed by atoms with van der Waals surface area (Å²) in [5, 5.41) is 10.6. The highest BCUT2D eigenvalue weighted by Crippen LogP contribution is 2.45. The summed E-state index contributed by atoms with van der Waals surface area (Å²) in [6.45, 7) is 11.7. The van der Waals surface area contributed by atoms with Gasteiger partial charge in [0.15, 0.2) is 12.2 Å². The second-order valence-electron chi connectivity index (χ2n) is 26.7. The van der Waals surface area contributed by atoms with Gasteiger partial charge in [-0.1, -0.05) is 285 Å². The van der Waals surface area contributed by atoms with Crippen molar-refractivity contribution >= 4 is 39.5 Å². The number of aliphatic hydroxyl groups excluding tert-OH is 1. The first-order chi connectivity index (χ1) is 43.7. The lowest BCUT2D eigenvalue weighted by Crippen LogP contribution is -2.30. The van der Waals surface area contributed by atoms with Crippen LogP contribution in [0.25, 0.3) is 0 Å². The first-order valence-electron chi connectivity index (χ1n) is 36.7. The number of aliphatic hydroxyl groups is 1. The second-order valence-corrected chi connectivity index (χ2v) is 29.6. The third-order valence-corrected chi connectivity index (χ3v) is 17.9. The molecule has 0 spiro atoms. The van der Waals surface area contributed by atoms with Crippen LogP contribution < -0.4 is 0 Å². The molecule has 0 rings (SSSR count). The summed E-state index contributed by atoms with van der Waals surface area (Å²) in [4.78, 5) is 72.6. The summed E-state index contributed by atoms with van der Waals surface area (Å²) in [5.41, 5.74) is 0. The number of rotatable bonds is 68. The molecule has 3 N–H and O–H groups in total. The zero-order valence-corrected chi connectivity index (χ0v) is 60.6. The monoisotopic (exact) mass is 1330 g/mol. The molecule has 0 aliphatic rings. The number of phosphoric acid groups is 2. The maximum Gasteiger partial charge on any atom is 0.472 e. The summed E-state index contributed by atoms with van der Waals surface area (Å²) in [7, 11) is -9.92. The molecule has 0 amide bonds. The van der Waals surface area contributed by atoms with Gasteiger partial charge < -0.3 is 33.8 Å². The zero-order valence-electron chi connectivity index (χ0n) is 58.8. The minimum atomic E-state index is -4.96. The highest BCUT2D eigenvalue weighted by atomic mass is 31.2. The van der Waals surface area contributed by atoms with Crippen LogP contribution in [0, 0.1) is 17.8 Å². The van der Waals surface area contributed by atoms with E-state index in [4.69, 9.17) is 37.0 Å². The Hall–Kier alpha value is -2.46. The van der Waals surface area contributed by atoms with E-state index in [1.807, 2.05) is 0 Å². The molecule has 5 atom stereocenters. The third-order valence-electron chi connectivity index (χ3n) is 16.0. The fraction of sp³-hybridized carbons (Fsp3) is 0.889. The summed E-state index contributed by atoms with van der Waals surface area (Å²) < 4.78 is 68.3. The van der Waals surface area contributed by atoms with Gasteiger partial charge in [-0.3, -0.25) is 37.3 Å². The topological polar surface area (TPSA) is 237 Å². The average Bonchev–Trinajstić information content (AvgIpc) is 3.49. The van der Waals surface area contributed by atoms with Crippen molar-refractivity contribution in [2.24, 2.45) is 17.8 Å². The maximum atomic E-state index is 13.0. The molecule has 0 aliphatic heterocycles. The minimum Gasteiger partial charge on any atom is -0.462 e. The highest BCUT2D eigenvalue weighted by Gasteiger charge is 2.30. The molecule has 19 heteroatoms. The fourth-order valence-corrected chi connectivity index (χ4v) is 11.9. The molecule has 0 aromatic heterocycles. The molecule has 0 aliphatic carbocycles. The van der Waals surface area contributed by atoms with Crippen LogP contribution in [0.2, 0.25) is 0 Å². The van der Waals surface area contributed by atoms with Crippen LogP contribution in [-0.4, -0.2) is 96.7 Å². The molecule has 2 unspecified atom stereocenters. The number of allylic oxidation sites excluding steroid dienone is 4. The fourth-order valence-electron chi connectivity index (χ4n) is 10.4. The van der Waals surface area contributed by atoms with Gasteiger partial charge in [0.2, 0.25) is 0 Å². The number of hydrogen-bond acceptors (Lipinski definition) is 15. The Morgan fingerprint density at radius 1 is 0.341 bits per heavy atom. The third kappa shape index (κ3) is 66.0. The molecule has 536 valence electrons. The Labute approximate surface area is 554 Å². The number of ether oxygens (including phenoxy) is 4. The Morgan fingerprint density at radius 2 is 0.593 bits per heavy atom. The highest BCUT2D eigenvalue weighted by molar-refractivity contribution is 7.47. The smallest absolute Gasteiger partial charge is 0.462 e. The lowest BCUT2D eigenvalue weighted by molar-refractivity contribution is -0.161. The zero-order chi connectivity index (χ0) is 67.3. The van der Waals surface area contributed by atoms with Gasteiger partial charge in [-0.15, -0.1) is 0 Å². The number of unbranched alkanes of at least 4 members (excludes halogenated alkanes) is 33. The van der Waals surface area contributed by atoms with Crippen LogP contribution in [0.1, 0.15) is 337 Å². The van der Waals surface area contributed by atoms with Crippen molar-refractivity contribution in [3.05, 3.63) is 24.3 Å². The van der Waals surface area contributed by atoms with Crippen LogP contribution in [-0.2, 0) is 65.4 Å². The van der Waals surface area contributed by atoms with Crippen molar-refractivity contribution in [2.45, 2.75) is 356 Å². The first-order valence-corrected chi connectivity index (χ1v) is 39.7. The predicted octanol–water partition coefficient (Wildman–Crippen LogP) is 20.2. The summed E-state index contributed by atoms with van der Waals surface area (Å²) in [5.74, 6) is 0.0347. The molecule has 0 bridgehead atoms.